The fourth-order valence-corrected chi connectivity index (χ4v) is 3.23. The summed E-state index contributed by atoms with van der Waals surface area (Å²) in [5.41, 5.74) is 2.66. The van der Waals surface area contributed by atoms with Crippen molar-refractivity contribution in [1.82, 2.24) is 0 Å². The van der Waals surface area contributed by atoms with Crippen LogP contribution >= 0.6 is 0 Å². The molecule has 2 aliphatic carbocycles. The van der Waals surface area contributed by atoms with Crippen LogP contribution in [0.5, 0.6) is 0 Å². The Hall–Kier alpha value is -1.31. The average Bonchev–Trinajstić information content (AvgIpc) is 2.70. The number of rotatable bonds is 5. The molecule has 0 aromatic rings. The lowest BCUT2D eigenvalue weighted by Crippen LogP contribution is -2.18. The van der Waals surface area contributed by atoms with Gasteiger partial charge in [0, 0.05) is 12.8 Å². The molecule has 2 rings (SSSR count). The Bertz CT molecular complexity index is 464. The van der Waals surface area contributed by atoms with E-state index in [9.17, 15) is 4.79 Å². The lowest BCUT2D eigenvalue weighted by atomic mass is 10.1. The summed E-state index contributed by atoms with van der Waals surface area (Å²) < 4.78 is 5.70. The Morgan fingerprint density at radius 2 is 2.20 bits per heavy atom. The van der Waals surface area contributed by atoms with Gasteiger partial charge in [-0.05, 0) is 31.6 Å². The molecule has 2 heteroatoms. The number of ether oxygens (including phenoxy) is 1. The lowest BCUT2D eigenvalue weighted by Gasteiger charge is -2.13. The van der Waals surface area contributed by atoms with Gasteiger partial charge in [0.1, 0.15) is 6.10 Å². The van der Waals surface area contributed by atoms with E-state index >= 15 is 0 Å². The molecule has 2 nitrogen and oxygen atoms in total. The molecule has 0 heterocycles. The van der Waals surface area contributed by atoms with Gasteiger partial charge in [0.2, 0.25) is 0 Å². The van der Waals surface area contributed by atoms with E-state index in [1.165, 1.54) is 11.1 Å². The Labute approximate surface area is 122 Å². The fourth-order valence-electron chi connectivity index (χ4n) is 3.23. The molecule has 1 unspecified atom stereocenters. The largest absolute Gasteiger partial charge is 0.461 e. The Balaban J connectivity index is 1.88. The molecule has 1 fully saturated rings. The summed E-state index contributed by atoms with van der Waals surface area (Å²) in [7, 11) is 0. The molecule has 0 N–H and O–H groups in total. The molecule has 0 amide bonds. The first kappa shape index (κ1) is 15.1. The molecule has 0 spiro atoms. The zero-order chi connectivity index (χ0) is 14.9. The average molecular weight is 274 g/mol. The zero-order valence-corrected chi connectivity index (χ0v) is 13.1. The lowest BCUT2D eigenvalue weighted by molar-refractivity contribution is -0.151. The van der Waals surface area contributed by atoms with Crippen molar-refractivity contribution in [2.45, 2.75) is 53.1 Å². The van der Waals surface area contributed by atoms with Crippen molar-refractivity contribution in [2.24, 2.45) is 17.3 Å². The van der Waals surface area contributed by atoms with Gasteiger partial charge in [0.25, 0.3) is 0 Å². The van der Waals surface area contributed by atoms with Crippen molar-refractivity contribution in [1.29, 1.82) is 0 Å². The normalized spacial score (nSPS) is 30.4. The van der Waals surface area contributed by atoms with Crippen LogP contribution in [-0.4, -0.2) is 12.1 Å². The first-order valence-corrected chi connectivity index (χ1v) is 7.50. The van der Waals surface area contributed by atoms with Gasteiger partial charge in [-0.2, -0.15) is 0 Å². The third-order valence-electron chi connectivity index (χ3n) is 4.53. The smallest absolute Gasteiger partial charge is 0.310 e. The second-order valence-electron chi connectivity index (χ2n) is 6.92. The van der Waals surface area contributed by atoms with E-state index in [4.69, 9.17) is 4.74 Å². The maximum Gasteiger partial charge on any atom is 0.310 e. The van der Waals surface area contributed by atoms with E-state index in [0.717, 1.165) is 19.3 Å². The maximum atomic E-state index is 12.3. The Morgan fingerprint density at radius 1 is 1.50 bits per heavy atom. The monoisotopic (exact) mass is 274 g/mol. The first-order valence-electron chi connectivity index (χ1n) is 7.50. The van der Waals surface area contributed by atoms with Crippen molar-refractivity contribution in [3.05, 3.63) is 36.0 Å². The quantitative estimate of drug-likeness (QED) is 0.547. The van der Waals surface area contributed by atoms with E-state index in [1.54, 1.807) is 0 Å². The van der Waals surface area contributed by atoms with Crippen LogP contribution < -0.4 is 0 Å². The van der Waals surface area contributed by atoms with Crippen molar-refractivity contribution in [3.63, 3.8) is 0 Å². The molecule has 0 radical (unpaired) electrons. The van der Waals surface area contributed by atoms with Gasteiger partial charge in [-0.3, -0.25) is 4.79 Å². The predicted octanol–water partition coefficient (Wildman–Crippen LogP) is 4.43. The standard InChI is InChI=1S/C18H26O2/c1-6-7-13-8-9-14(11-13)20-17(19)16-15(10-12(2)3)18(16,4)5/h6,8,10,14-16H,1,7,9,11H2,2-5H3/t14-,15?,16+/m1/s1. The SMILES string of the molecule is C=CCC1=CC[C@@H](OC(=O)[C@@H]2C(C=C(C)C)C2(C)C)C1. The number of carbonyl (C=O) groups excluding carboxylic acids is 1. The summed E-state index contributed by atoms with van der Waals surface area (Å²) in [6, 6.07) is 0. The summed E-state index contributed by atoms with van der Waals surface area (Å²) in [6.07, 6.45) is 8.98. The Kier molecular flexibility index (Phi) is 4.22. The third-order valence-corrected chi connectivity index (χ3v) is 4.53. The zero-order valence-electron chi connectivity index (χ0n) is 13.1. The summed E-state index contributed by atoms with van der Waals surface area (Å²) >= 11 is 0. The van der Waals surface area contributed by atoms with Crippen LogP contribution in [0, 0.1) is 17.3 Å². The molecule has 3 atom stereocenters. The molecule has 110 valence electrons. The summed E-state index contributed by atoms with van der Waals surface area (Å²) in [6.45, 7) is 12.2. The molecule has 20 heavy (non-hydrogen) atoms. The van der Waals surface area contributed by atoms with Gasteiger partial charge < -0.3 is 4.74 Å². The topological polar surface area (TPSA) is 26.3 Å². The summed E-state index contributed by atoms with van der Waals surface area (Å²) in [4.78, 5) is 12.3. The molecular weight excluding hydrogens is 248 g/mol. The van der Waals surface area contributed by atoms with Crippen LogP contribution in [-0.2, 0) is 9.53 Å². The number of allylic oxidation sites excluding steroid dienone is 3. The maximum absolute atomic E-state index is 12.3. The number of hydrogen-bond donors (Lipinski definition) is 0. The molecule has 0 aromatic heterocycles. The van der Waals surface area contributed by atoms with Crippen LogP contribution in [0.15, 0.2) is 36.0 Å². The van der Waals surface area contributed by atoms with Crippen molar-refractivity contribution < 1.29 is 9.53 Å². The van der Waals surface area contributed by atoms with Crippen molar-refractivity contribution >= 4 is 5.97 Å². The van der Waals surface area contributed by atoms with Crippen LogP contribution in [0.3, 0.4) is 0 Å². The van der Waals surface area contributed by atoms with Gasteiger partial charge in [-0.25, -0.2) is 0 Å². The van der Waals surface area contributed by atoms with Crippen LogP contribution in [0.25, 0.3) is 0 Å². The van der Waals surface area contributed by atoms with Gasteiger partial charge in [-0.1, -0.05) is 43.2 Å². The summed E-state index contributed by atoms with van der Waals surface area (Å²) in [5, 5.41) is 0. The van der Waals surface area contributed by atoms with Crippen LogP contribution in [0.1, 0.15) is 47.0 Å². The minimum Gasteiger partial charge on any atom is -0.461 e. The second-order valence-corrected chi connectivity index (χ2v) is 6.92. The van der Waals surface area contributed by atoms with Gasteiger partial charge in [-0.15, -0.1) is 6.58 Å². The third kappa shape index (κ3) is 3.05. The first-order chi connectivity index (χ1) is 9.36. The van der Waals surface area contributed by atoms with Gasteiger partial charge >= 0.3 is 5.97 Å². The molecule has 0 bridgehead atoms. The second kappa shape index (κ2) is 5.59. The van der Waals surface area contributed by atoms with E-state index in [-0.39, 0.29) is 23.4 Å². The summed E-state index contributed by atoms with van der Waals surface area (Å²) in [5.74, 6) is 0.346. The highest BCUT2D eigenvalue weighted by Gasteiger charge is 2.61. The highest BCUT2D eigenvalue weighted by atomic mass is 16.5. The molecular formula is C18H26O2. The highest BCUT2D eigenvalue weighted by molar-refractivity contribution is 5.78. The van der Waals surface area contributed by atoms with Crippen LogP contribution in [0.2, 0.25) is 0 Å². The minimum absolute atomic E-state index is 0.0178. The van der Waals surface area contributed by atoms with Gasteiger partial charge in [0.15, 0.2) is 0 Å². The highest BCUT2D eigenvalue weighted by Crippen LogP contribution is 2.60. The molecule has 0 aliphatic heterocycles. The Morgan fingerprint density at radius 3 is 2.80 bits per heavy atom. The molecule has 0 aromatic carbocycles. The van der Waals surface area contributed by atoms with E-state index in [1.807, 2.05) is 6.08 Å². The van der Waals surface area contributed by atoms with E-state index < -0.39 is 0 Å². The molecule has 2 aliphatic rings. The number of carbonyl (C=O) groups is 1. The predicted molar refractivity (Wildman–Crippen MR) is 82.2 cm³/mol. The van der Waals surface area contributed by atoms with E-state index in [2.05, 4.69) is 46.4 Å². The van der Waals surface area contributed by atoms with Crippen molar-refractivity contribution in [3.8, 4) is 0 Å². The number of hydrogen-bond acceptors (Lipinski definition) is 2. The minimum atomic E-state index is -0.0178. The van der Waals surface area contributed by atoms with Gasteiger partial charge in [0.05, 0.1) is 5.92 Å². The number of esters is 1. The van der Waals surface area contributed by atoms with Crippen LogP contribution in [0.4, 0.5) is 0 Å². The molecule has 1 saturated carbocycles. The van der Waals surface area contributed by atoms with E-state index in [0.29, 0.717) is 5.92 Å². The molecule has 0 saturated heterocycles. The fraction of sp³-hybridized carbons (Fsp3) is 0.611. The van der Waals surface area contributed by atoms with Crippen molar-refractivity contribution in [2.75, 3.05) is 0 Å².